The third-order valence-corrected chi connectivity index (χ3v) is 4.53. The van der Waals surface area contributed by atoms with Gasteiger partial charge in [0.05, 0.1) is 11.3 Å². The van der Waals surface area contributed by atoms with Crippen LogP contribution in [0.1, 0.15) is 22.3 Å². The maximum absolute atomic E-state index is 12.7. The summed E-state index contributed by atoms with van der Waals surface area (Å²) < 4.78 is 27.1. The lowest BCUT2D eigenvalue weighted by Gasteiger charge is -2.03. The van der Waals surface area contributed by atoms with Crippen molar-refractivity contribution in [1.29, 1.82) is 0 Å². The number of halogens is 2. The molecule has 4 aromatic rings. The first-order valence-electron chi connectivity index (χ1n) is 7.69. The van der Waals surface area contributed by atoms with Gasteiger partial charge in [0, 0.05) is 35.1 Å². The van der Waals surface area contributed by atoms with Gasteiger partial charge in [-0.25, -0.2) is 18.7 Å². The summed E-state index contributed by atoms with van der Waals surface area (Å²) >= 11 is 1.33. The Bertz CT molecular complexity index is 1060. The van der Waals surface area contributed by atoms with E-state index in [1.807, 2.05) is 0 Å². The van der Waals surface area contributed by atoms with Crippen LogP contribution in [0.3, 0.4) is 0 Å². The second kappa shape index (κ2) is 6.64. The number of amides is 1. The van der Waals surface area contributed by atoms with E-state index in [2.05, 4.69) is 15.3 Å². The van der Waals surface area contributed by atoms with Crippen molar-refractivity contribution in [3.63, 3.8) is 0 Å². The molecule has 0 aliphatic rings. The van der Waals surface area contributed by atoms with Crippen LogP contribution in [0.4, 0.5) is 13.9 Å². The van der Waals surface area contributed by atoms with E-state index in [4.69, 9.17) is 0 Å². The third kappa shape index (κ3) is 3.06. The van der Waals surface area contributed by atoms with Crippen molar-refractivity contribution in [2.45, 2.75) is 6.43 Å². The quantitative estimate of drug-likeness (QED) is 0.569. The van der Waals surface area contributed by atoms with E-state index < -0.39 is 6.43 Å². The molecule has 0 bridgehead atoms. The smallest absolute Gasteiger partial charge is 0.263 e. The maximum Gasteiger partial charge on any atom is 0.263 e. The number of nitrogens with one attached hydrogen (secondary N) is 1. The fourth-order valence-electron chi connectivity index (χ4n) is 2.58. The number of alkyl halides is 2. The second-order valence-electron chi connectivity index (χ2n) is 5.49. The normalized spacial score (nSPS) is 11.2. The van der Waals surface area contributed by atoms with Crippen LogP contribution in [0, 0.1) is 0 Å². The molecule has 0 radical (unpaired) electrons. The van der Waals surface area contributed by atoms with Gasteiger partial charge in [0.25, 0.3) is 12.3 Å². The van der Waals surface area contributed by atoms with Crippen molar-refractivity contribution in [2.24, 2.45) is 0 Å². The fourth-order valence-corrected chi connectivity index (χ4v) is 3.10. The van der Waals surface area contributed by atoms with Gasteiger partial charge in [-0.2, -0.15) is 0 Å². The van der Waals surface area contributed by atoms with E-state index in [1.165, 1.54) is 23.5 Å². The molecule has 0 saturated carbocycles. The highest BCUT2D eigenvalue weighted by Gasteiger charge is 2.15. The van der Waals surface area contributed by atoms with E-state index in [1.54, 1.807) is 52.6 Å². The summed E-state index contributed by atoms with van der Waals surface area (Å²) in [4.78, 5) is 21.1. The van der Waals surface area contributed by atoms with Crippen LogP contribution < -0.4 is 5.32 Å². The predicted molar refractivity (Wildman–Crippen MR) is 95.7 cm³/mol. The highest BCUT2D eigenvalue weighted by Crippen LogP contribution is 2.25. The molecule has 1 N–H and O–H groups in total. The average Bonchev–Trinajstić information content (AvgIpc) is 3.30. The van der Waals surface area contributed by atoms with Crippen molar-refractivity contribution in [3.05, 3.63) is 71.5 Å². The van der Waals surface area contributed by atoms with Crippen LogP contribution in [0.15, 0.2) is 60.4 Å². The lowest BCUT2D eigenvalue weighted by molar-refractivity contribution is 0.102. The van der Waals surface area contributed by atoms with Gasteiger partial charge in [-0.05, 0) is 12.1 Å². The van der Waals surface area contributed by atoms with Crippen LogP contribution in [-0.2, 0) is 0 Å². The minimum Gasteiger partial charge on any atom is -0.306 e. The molecular formula is C18H12F2N4OS. The zero-order valence-corrected chi connectivity index (χ0v) is 14.1. The van der Waals surface area contributed by atoms with Gasteiger partial charge in [0.2, 0.25) is 0 Å². The molecule has 0 aliphatic carbocycles. The molecule has 0 unspecified atom stereocenters. The number of anilines is 1. The molecule has 3 heterocycles. The Kier molecular flexibility index (Phi) is 4.18. The van der Waals surface area contributed by atoms with Crippen molar-refractivity contribution in [2.75, 3.05) is 5.32 Å². The standard InChI is InChI=1S/C18H12F2N4OS/c19-15(20)12-5-3-11(4-6-12)14-10-24-8-1-2-13(16(24)22-14)17(25)23-18-21-7-9-26-18/h1-10,15H,(H,21,23,25). The van der Waals surface area contributed by atoms with Gasteiger partial charge in [-0.3, -0.25) is 10.1 Å². The number of benzene rings is 1. The molecule has 1 aromatic carbocycles. The number of thiazole rings is 1. The number of carbonyl (C=O) groups excluding carboxylic acids is 1. The Morgan fingerprint density at radius 3 is 2.69 bits per heavy atom. The summed E-state index contributed by atoms with van der Waals surface area (Å²) in [6.07, 6.45) is 2.63. The Labute approximate surface area is 151 Å². The minimum atomic E-state index is -2.51. The molecule has 1 amide bonds. The number of carbonyl (C=O) groups is 1. The number of imidazole rings is 1. The van der Waals surface area contributed by atoms with Gasteiger partial charge in [0.15, 0.2) is 5.13 Å². The maximum atomic E-state index is 12.7. The highest BCUT2D eigenvalue weighted by atomic mass is 32.1. The average molecular weight is 370 g/mol. The first kappa shape index (κ1) is 16.3. The third-order valence-electron chi connectivity index (χ3n) is 3.84. The van der Waals surface area contributed by atoms with E-state index in [0.717, 1.165) is 0 Å². The highest BCUT2D eigenvalue weighted by molar-refractivity contribution is 7.13. The number of fused-ring (bicyclic) bond motifs is 1. The summed E-state index contributed by atoms with van der Waals surface area (Å²) in [6.45, 7) is 0. The lowest BCUT2D eigenvalue weighted by Crippen LogP contribution is -2.13. The fraction of sp³-hybridized carbons (Fsp3) is 0.0556. The topological polar surface area (TPSA) is 59.3 Å². The molecule has 4 rings (SSSR count). The molecule has 0 spiro atoms. The second-order valence-corrected chi connectivity index (χ2v) is 6.39. The van der Waals surface area contributed by atoms with Crippen molar-refractivity contribution >= 4 is 28.0 Å². The molecule has 3 aromatic heterocycles. The van der Waals surface area contributed by atoms with Crippen molar-refractivity contribution < 1.29 is 13.6 Å². The zero-order chi connectivity index (χ0) is 18.1. The molecule has 0 aliphatic heterocycles. The summed E-state index contributed by atoms with van der Waals surface area (Å²) in [5.41, 5.74) is 2.14. The number of hydrogen-bond acceptors (Lipinski definition) is 4. The summed E-state index contributed by atoms with van der Waals surface area (Å²) in [6, 6.07) is 9.36. The molecular weight excluding hydrogens is 358 g/mol. The predicted octanol–water partition coefficient (Wildman–Crippen LogP) is 4.65. The monoisotopic (exact) mass is 370 g/mol. The Morgan fingerprint density at radius 1 is 1.19 bits per heavy atom. The van der Waals surface area contributed by atoms with Crippen molar-refractivity contribution in [1.82, 2.24) is 14.4 Å². The lowest BCUT2D eigenvalue weighted by atomic mass is 10.1. The molecule has 0 fully saturated rings. The number of nitrogens with zero attached hydrogens (tertiary/aromatic N) is 3. The summed E-state index contributed by atoms with van der Waals surface area (Å²) in [5.74, 6) is -0.309. The molecule has 130 valence electrons. The van der Waals surface area contributed by atoms with E-state index in [9.17, 15) is 13.6 Å². The van der Waals surface area contributed by atoms with Crippen LogP contribution in [0.5, 0.6) is 0 Å². The van der Waals surface area contributed by atoms with Crippen LogP contribution in [-0.4, -0.2) is 20.3 Å². The Hall–Kier alpha value is -3.13. The Morgan fingerprint density at radius 2 is 2.00 bits per heavy atom. The number of aromatic nitrogens is 3. The van der Waals surface area contributed by atoms with Crippen molar-refractivity contribution in [3.8, 4) is 11.3 Å². The van der Waals surface area contributed by atoms with Gasteiger partial charge in [0.1, 0.15) is 5.65 Å². The van der Waals surface area contributed by atoms with Crippen LogP contribution >= 0.6 is 11.3 Å². The van der Waals surface area contributed by atoms with E-state index >= 15 is 0 Å². The van der Waals surface area contributed by atoms with E-state index in [0.29, 0.717) is 27.6 Å². The first-order valence-corrected chi connectivity index (χ1v) is 8.57. The van der Waals surface area contributed by atoms with Gasteiger partial charge in [-0.15, -0.1) is 11.3 Å². The van der Waals surface area contributed by atoms with E-state index in [-0.39, 0.29) is 11.5 Å². The minimum absolute atomic E-state index is 0.0407. The summed E-state index contributed by atoms with van der Waals surface area (Å²) in [7, 11) is 0. The number of pyridine rings is 1. The van der Waals surface area contributed by atoms with Crippen LogP contribution in [0.25, 0.3) is 16.9 Å². The SMILES string of the molecule is O=C(Nc1nccs1)c1cccn2cc(-c3ccc(C(F)F)cc3)nc12. The summed E-state index contributed by atoms with van der Waals surface area (Å²) in [5, 5.41) is 5.01. The van der Waals surface area contributed by atoms with Crippen LogP contribution in [0.2, 0.25) is 0 Å². The molecule has 0 saturated heterocycles. The zero-order valence-electron chi connectivity index (χ0n) is 13.3. The van der Waals surface area contributed by atoms with Gasteiger partial charge in [-0.1, -0.05) is 24.3 Å². The van der Waals surface area contributed by atoms with Gasteiger partial charge >= 0.3 is 0 Å². The molecule has 0 atom stereocenters. The molecule has 26 heavy (non-hydrogen) atoms. The number of hydrogen-bond donors (Lipinski definition) is 1. The number of rotatable bonds is 4. The molecule has 8 heteroatoms. The largest absolute Gasteiger partial charge is 0.306 e. The first-order chi connectivity index (χ1) is 12.6. The molecule has 5 nitrogen and oxygen atoms in total. The Balaban J connectivity index is 1.70. The van der Waals surface area contributed by atoms with Gasteiger partial charge < -0.3 is 4.40 Å².